The lowest BCUT2D eigenvalue weighted by atomic mass is 10.1. The van der Waals surface area contributed by atoms with E-state index in [1.807, 2.05) is 0 Å². The van der Waals surface area contributed by atoms with E-state index >= 15 is 0 Å². The number of benzene rings is 1. The summed E-state index contributed by atoms with van der Waals surface area (Å²) >= 11 is 5.83. The number of aryl methyl sites for hydroxylation is 1. The zero-order valence-corrected chi connectivity index (χ0v) is 12.2. The fourth-order valence-electron chi connectivity index (χ4n) is 1.94. The number of nitro benzene ring substituents is 1. The first-order chi connectivity index (χ1) is 9.88. The molecule has 0 spiro atoms. The van der Waals surface area contributed by atoms with Crippen LogP contribution in [0.15, 0.2) is 30.6 Å². The lowest BCUT2D eigenvalue weighted by Gasteiger charge is -2.16. The summed E-state index contributed by atoms with van der Waals surface area (Å²) in [6, 6.07) is 3.92. The van der Waals surface area contributed by atoms with Gasteiger partial charge in [-0.2, -0.15) is 5.10 Å². The van der Waals surface area contributed by atoms with Gasteiger partial charge < -0.3 is 4.90 Å². The Bertz CT molecular complexity index is 698. The van der Waals surface area contributed by atoms with Crippen molar-refractivity contribution in [3.63, 3.8) is 0 Å². The van der Waals surface area contributed by atoms with E-state index in [1.54, 1.807) is 31.2 Å². The molecule has 0 bridgehead atoms. The van der Waals surface area contributed by atoms with Gasteiger partial charge in [-0.1, -0.05) is 11.6 Å². The predicted molar refractivity (Wildman–Crippen MR) is 77.1 cm³/mol. The predicted octanol–water partition coefficient (Wildman–Crippen LogP) is 2.25. The average molecular weight is 309 g/mol. The van der Waals surface area contributed by atoms with Gasteiger partial charge in [-0.15, -0.1) is 0 Å². The lowest BCUT2D eigenvalue weighted by molar-refractivity contribution is -0.385. The minimum atomic E-state index is -0.596. The number of hydrogen-bond donors (Lipinski definition) is 0. The van der Waals surface area contributed by atoms with Gasteiger partial charge in [0.15, 0.2) is 0 Å². The zero-order valence-electron chi connectivity index (χ0n) is 11.5. The van der Waals surface area contributed by atoms with Gasteiger partial charge in [0.2, 0.25) is 0 Å². The fraction of sp³-hybridized carbons (Fsp3) is 0.231. The molecule has 2 aromatic rings. The van der Waals surface area contributed by atoms with Crippen molar-refractivity contribution in [2.75, 3.05) is 7.05 Å². The van der Waals surface area contributed by atoms with E-state index in [9.17, 15) is 14.9 Å². The summed E-state index contributed by atoms with van der Waals surface area (Å²) < 4.78 is 1.62. The topological polar surface area (TPSA) is 81.3 Å². The van der Waals surface area contributed by atoms with Crippen molar-refractivity contribution in [1.82, 2.24) is 14.7 Å². The van der Waals surface area contributed by atoms with Gasteiger partial charge in [-0.05, 0) is 12.1 Å². The number of carbonyl (C=O) groups is 1. The Labute approximate surface area is 125 Å². The van der Waals surface area contributed by atoms with Crippen molar-refractivity contribution < 1.29 is 9.72 Å². The molecule has 7 nitrogen and oxygen atoms in total. The second-order valence-corrected chi connectivity index (χ2v) is 5.04. The van der Waals surface area contributed by atoms with Crippen LogP contribution in [0, 0.1) is 10.1 Å². The number of aromatic nitrogens is 2. The van der Waals surface area contributed by atoms with E-state index < -0.39 is 10.8 Å². The first-order valence-electron chi connectivity index (χ1n) is 6.05. The van der Waals surface area contributed by atoms with Crippen molar-refractivity contribution in [1.29, 1.82) is 0 Å². The third-order valence-corrected chi connectivity index (χ3v) is 3.15. The van der Waals surface area contributed by atoms with Crippen LogP contribution in [-0.4, -0.2) is 32.6 Å². The highest BCUT2D eigenvalue weighted by atomic mass is 35.5. The summed E-state index contributed by atoms with van der Waals surface area (Å²) in [6.07, 6.45) is 3.41. The van der Waals surface area contributed by atoms with Gasteiger partial charge in [0.25, 0.3) is 11.6 Å². The molecule has 0 aliphatic carbocycles. The van der Waals surface area contributed by atoms with Gasteiger partial charge in [0.1, 0.15) is 5.56 Å². The van der Waals surface area contributed by atoms with E-state index in [-0.39, 0.29) is 16.3 Å². The lowest BCUT2D eigenvalue weighted by Crippen LogP contribution is -2.26. The Morgan fingerprint density at radius 3 is 2.81 bits per heavy atom. The number of amides is 1. The van der Waals surface area contributed by atoms with Crippen molar-refractivity contribution >= 4 is 23.2 Å². The molecule has 2 rings (SSSR count). The van der Waals surface area contributed by atoms with Crippen LogP contribution in [0.3, 0.4) is 0 Å². The molecule has 0 saturated carbocycles. The van der Waals surface area contributed by atoms with Crippen LogP contribution < -0.4 is 0 Å². The first kappa shape index (κ1) is 15.0. The van der Waals surface area contributed by atoms with E-state index in [0.29, 0.717) is 6.54 Å². The molecule has 1 aromatic heterocycles. The van der Waals surface area contributed by atoms with Gasteiger partial charge in [-0.3, -0.25) is 19.6 Å². The highest BCUT2D eigenvalue weighted by Gasteiger charge is 2.23. The number of halogens is 1. The number of rotatable bonds is 4. The molecular formula is C13H13ClN4O3. The third-order valence-electron chi connectivity index (χ3n) is 2.91. The molecule has 0 unspecified atom stereocenters. The van der Waals surface area contributed by atoms with Crippen molar-refractivity contribution in [2.24, 2.45) is 7.05 Å². The van der Waals surface area contributed by atoms with Crippen molar-refractivity contribution in [3.05, 3.63) is 56.9 Å². The maximum Gasteiger partial charge on any atom is 0.282 e. The van der Waals surface area contributed by atoms with Crippen LogP contribution in [0.2, 0.25) is 5.02 Å². The smallest absolute Gasteiger partial charge is 0.282 e. The zero-order chi connectivity index (χ0) is 15.6. The molecule has 110 valence electrons. The number of carbonyl (C=O) groups excluding carboxylic acids is 1. The van der Waals surface area contributed by atoms with Gasteiger partial charge >= 0.3 is 0 Å². The van der Waals surface area contributed by atoms with Crippen molar-refractivity contribution in [2.45, 2.75) is 6.54 Å². The maximum absolute atomic E-state index is 12.4. The van der Waals surface area contributed by atoms with Crippen LogP contribution in [0.5, 0.6) is 0 Å². The Balaban J connectivity index is 2.26. The molecule has 0 aliphatic heterocycles. The second kappa shape index (κ2) is 5.92. The summed E-state index contributed by atoms with van der Waals surface area (Å²) in [7, 11) is 3.34. The molecule has 8 heteroatoms. The maximum atomic E-state index is 12.4. The standard InChI is InChI=1S/C13H13ClN4O3/c1-16(7-9-6-15-17(2)8-9)13(19)11-5-10(14)3-4-12(11)18(20)21/h3-6,8H,7H2,1-2H3. The second-order valence-electron chi connectivity index (χ2n) is 4.60. The Morgan fingerprint density at radius 2 is 2.24 bits per heavy atom. The molecular weight excluding hydrogens is 296 g/mol. The molecule has 1 heterocycles. The largest absolute Gasteiger partial charge is 0.337 e. The third kappa shape index (κ3) is 3.38. The molecule has 1 aromatic carbocycles. The molecule has 0 atom stereocenters. The molecule has 21 heavy (non-hydrogen) atoms. The molecule has 0 radical (unpaired) electrons. The van der Waals surface area contributed by atoms with E-state index in [0.717, 1.165) is 5.56 Å². The minimum Gasteiger partial charge on any atom is -0.337 e. The average Bonchev–Trinajstić information content (AvgIpc) is 2.82. The molecule has 0 saturated heterocycles. The summed E-state index contributed by atoms with van der Waals surface area (Å²) in [5, 5.41) is 15.3. The van der Waals surface area contributed by atoms with E-state index in [2.05, 4.69) is 5.10 Å². The van der Waals surface area contributed by atoms with Gasteiger partial charge in [-0.25, -0.2) is 0 Å². The fourth-order valence-corrected chi connectivity index (χ4v) is 2.12. The van der Waals surface area contributed by atoms with Crippen LogP contribution >= 0.6 is 11.6 Å². The first-order valence-corrected chi connectivity index (χ1v) is 6.43. The quantitative estimate of drug-likeness (QED) is 0.641. The Morgan fingerprint density at radius 1 is 1.52 bits per heavy atom. The van der Waals surface area contributed by atoms with Gasteiger partial charge in [0.05, 0.1) is 11.1 Å². The summed E-state index contributed by atoms with van der Waals surface area (Å²) in [5.41, 5.74) is 0.541. The Hall–Kier alpha value is -2.41. The normalized spacial score (nSPS) is 10.4. The Kier molecular flexibility index (Phi) is 4.23. The van der Waals surface area contributed by atoms with Gasteiger partial charge in [0, 0.05) is 43.5 Å². The number of nitro groups is 1. The summed E-state index contributed by atoms with van der Waals surface area (Å²) in [6.45, 7) is 0.302. The van der Waals surface area contributed by atoms with Crippen molar-refractivity contribution in [3.8, 4) is 0 Å². The monoisotopic (exact) mass is 308 g/mol. The molecule has 1 amide bonds. The van der Waals surface area contributed by atoms with E-state index in [1.165, 1.54) is 23.1 Å². The highest BCUT2D eigenvalue weighted by Crippen LogP contribution is 2.24. The number of hydrogen-bond acceptors (Lipinski definition) is 4. The van der Waals surface area contributed by atoms with Crippen LogP contribution in [0.25, 0.3) is 0 Å². The van der Waals surface area contributed by atoms with Crippen LogP contribution in [-0.2, 0) is 13.6 Å². The molecule has 0 N–H and O–H groups in total. The SMILES string of the molecule is CN(Cc1cnn(C)c1)C(=O)c1cc(Cl)ccc1[N+](=O)[O-]. The molecule has 0 aliphatic rings. The summed E-state index contributed by atoms with van der Waals surface area (Å²) in [5.74, 6) is -0.465. The highest BCUT2D eigenvalue weighted by molar-refractivity contribution is 6.31. The van der Waals surface area contributed by atoms with Crippen LogP contribution in [0.1, 0.15) is 15.9 Å². The van der Waals surface area contributed by atoms with E-state index in [4.69, 9.17) is 11.6 Å². The minimum absolute atomic E-state index is 0.0288. The number of nitrogens with zero attached hydrogens (tertiary/aromatic N) is 4. The molecule has 0 fully saturated rings. The van der Waals surface area contributed by atoms with Crippen LogP contribution in [0.4, 0.5) is 5.69 Å². The summed E-state index contributed by atoms with van der Waals surface area (Å²) in [4.78, 5) is 24.2.